The highest BCUT2D eigenvalue weighted by Crippen LogP contribution is 2.33. The van der Waals surface area contributed by atoms with E-state index in [1.54, 1.807) is 0 Å². The van der Waals surface area contributed by atoms with Crippen molar-refractivity contribution in [3.05, 3.63) is 29.3 Å². The van der Waals surface area contributed by atoms with Gasteiger partial charge in [0.25, 0.3) is 0 Å². The summed E-state index contributed by atoms with van der Waals surface area (Å²) >= 11 is 0. The Hall–Kier alpha value is -1.02. The Kier molecular flexibility index (Phi) is 4.54. The molecule has 21 heavy (non-hydrogen) atoms. The smallest absolute Gasteiger partial charge is 0.122 e. The number of ether oxygens (including phenoxy) is 1. The SMILES string of the molecule is CCC(NC1CCC(C)CC1C)c1ccc2c(c1)CCO2. The fourth-order valence-electron chi connectivity index (χ4n) is 4.04. The molecule has 3 rings (SSSR count). The number of benzene rings is 1. The Labute approximate surface area is 129 Å². The molecule has 1 aromatic rings. The summed E-state index contributed by atoms with van der Waals surface area (Å²) in [6.45, 7) is 7.94. The van der Waals surface area contributed by atoms with Crippen LogP contribution in [0.3, 0.4) is 0 Å². The van der Waals surface area contributed by atoms with Crippen molar-refractivity contribution in [2.75, 3.05) is 6.61 Å². The topological polar surface area (TPSA) is 21.3 Å². The molecule has 1 aliphatic carbocycles. The van der Waals surface area contributed by atoms with Crippen LogP contribution < -0.4 is 10.1 Å². The summed E-state index contributed by atoms with van der Waals surface area (Å²) in [6, 6.07) is 7.93. The fraction of sp³-hybridized carbons (Fsp3) is 0.684. The zero-order chi connectivity index (χ0) is 14.8. The number of rotatable bonds is 4. The molecule has 1 heterocycles. The van der Waals surface area contributed by atoms with Crippen LogP contribution in [0.1, 0.15) is 63.6 Å². The number of hydrogen-bond acceptors (Lipinski definition) is 2. The highest BCUT2D eigenvalue weighted by atomic mass is 16.5. The van der Waals surface area contributed by atoms with E-state index in [-0.39, 0.29) is 0 Å². The third-order valence-electron chi connectivity index (χ3n) is 5.37. The van der Waals surface area contributed by atoms with E-state index in [0.29, 0.717) is 12.1 Å². The van der Waals surface area contributed by atoms with Crippen molar-refractivity contribution in [2.24, 2.45) is 11.8 Å². The van der Waals surface area contributed by atoms with Crippen molar-refractivity contribution in [2.45, 2.75) is 65.0 Å². The zero-order valence-electron chi connectivity index (χ0n) is 13.7. The van der Waals surface area contributed by atoms with Crippen molar-refractivity contribution < 1.29 is 4.74 Å². The van der Waals surface area contributed by atoms with Gasteiger partial charge in [0.15, 0.2) is 0 Å². The van der Waals surface area contributed by atoms with Crippen LogP contribution >= 0.6 is 0 Å². The number of hydrogen-bond donors (Lipinski definition) is 1. The van der Waals surface area contributed by atoms with Crippen LogP contribution in [-0.2, 0) is 6.42 Å². The second kappa shape index (κ2) is 6.39. The Morgan fingerprint density at radius 1 is 1.29 bits per heavy atom. The Morgan fingerprint density at radius 3 is 2.90 bits per heavy atom. The summed E-state index contributed by atoms with van der Waals surface area (Å²) in [5, 5.41) is 3.94. The molecule has 2 heteroatoms. The fourth-order valence-corrected chi connectivity index (χ4v) is 4.04. The lowest BCUT2D eigenvalue weighted by Crippen LogP contribution is -2.41. The van der Waals surface area contributed by atoms with Gasteiger partial charge in [0.2, 0.25) is 0 Å². The van der Waals surface area contributed by atoms with Crippen LogP contribution in [0.25, 0.3) is 0 Å². The Morgan fingerprint density at radius 2 is 2.14 bits per heavy atom. The molecule has 0 spiro atoms. The lowest BCUT2D eigenvalue weighted by atomic mass is 9.79. The van der Waals surface area contributed by atoms with E-state index in [9.17, 15) is 0 Å². The highest BCUT2D eigenvalue weighted by Gasteiger charge is 2.27. The van der Waals surface area contributed by atoms with E-state index >= 15 is 0 Å². The van der Waals surface area contributed by atoms with Gasteiger partial charge in [-0.3, -0.25) is 0 Å². The molecule has 0 amide bonds. The molecule has 0 aromatic heterocycles. The molecule has 4 atom stereocenters. The number of fused-ring (bicyclic) bond motifs is 1. The molecule has 2 nitrogen and oxygen atoms in total. The van der Waals surface area contributed by atoms with Gasteiger partial charge in [-0.2, -0.15) is 0 Å². The van der Waals surface area contributed by atoms with Gasteiger partial charge in [-0.05, 0) is 54.7 Å². The van der Waals surface area contributed by atoms with Crippen LogP contribution in [0.15, 0.2) is 18.2 Å². The van der Waals surface area contributed by atoms with Crippen LogP contribution in [0.4, 0.5) is 0 Å². The van der Waals surface area contributed by atoms with Crippen LogP contribution in [0.5, 0.6) is 5.75 Å². The van der Waals surface area contributed by atoms with E-state index in [1.807, 2.05) is 0 Å². The van der Waals surface area contributed by atoms with Crippen molar-refractivity contribution in [1.82, 2.24) is 5.32 Å². The Balaban J connectivity index is 1.70. The van der Waals surface area contributed by atoms with Gasteiger partial charge in [0.1, 0.15) is 5.75 Å². The van der Waals surface area contributed by atoms with Crippen LogP contribution in [0, 0.1) is 11.8 Å². The van der Waals surface area contributed by atoms with Gasteiger partial charge in [-0.25, -0.2) is 0 Å². The maximum atomic E-state index is 5.63. The lowest BCUT2D eigenvalue weighted by molar-refractivity contribution is 0.212. The standard InChI is InChI=1S/C19H29NO/c1-4-17(20-18-7-5-13(2)11-14(18)3)15-6-8-19-16(12-15)9-10-21-19/h6,8,12-14,17-18,20H,4-5,7,9-11H2,1-3H3. The molecule has 0 saturated heterocycles. The minimum Gasteiger partial charge on any atom is -0.493 e. The first kappa shape index (κ1) is 14.9. The van der Waals surface area contributed by atoms with Crippen molar-refractivity contribution in [1.29, 1.82) is 0 Å². The third kappa shape index (κ3) is 3.26. The van der Waals surface area contributed by atoms with Crippen molar-refractivity contribution >= 4 is 0 Å². The predicted octanol–water partition coefficient (Wildman–Crippen LogP) is 4.49. The molecular weight excluding hydrogens is 258 g/mol. The molecule has 4 unspecified atom stereocenters. The second-order valence-electron chi connectivity index (χ2n) is 7.10. The second-order valence-corrected chi connectivity index (χ2v) is 7.10. The van der Waals surface area contributed by atoms with Crippen LogP contribution in [0.2, 0.25) is 0 Å². The molecule has 0 bridgehead atoms. The molecule has 1 aliphatic heterocycles. The molecule has 1 saturated carbocycles. The summed E-state index contributed by atoms with van der Waals surface area (Å²) in [6.07, 6.45) is 6.28. The van der Waals surface area contributed by atoms with Gasteiger partial charge in [-0.1, -0.05) is 32.9 Å². The minimum absolute atomic E-state index is 0.483. The monoisotopic (exact) mass is 287 g/mol. The van der Waals surface area contributed by atoms with E-state index in [1.165, 1.54) is 30.4 Å². The first-order chi connectivity index (χ1) is 10.2. The first-order valence-electron chi connectivity index (χ1n) is 8.69. The van der Waals surface area contributed by atoms with E-state index in [2.05, 4.69) is 44.3 Å². The molecule has 0 radical (unpaired) electrons. The summed E-state index contributed by atoms with van der Waals surface area (Å²) in [4.78, 5) is 0. The summed E-state index contributed by atoms with van der Waals surface area (Å²) in [5.41, 5.74) is 2.82. The van der Waals surface area contributed by atoms with Gasteiger partial charge in [-0.15, -0.1) is 0 Å². The lowest BCUT2D eigenvalue weighted by Gasteiger charge is -2.36. The zero-order valence-corrected chi connectivity index (χ0v) is 13.7. The summed E-state index contributed by atoms with van der Waals surface area (Å²) in [5.74, 6) is 2.78. The highest BCUT2D eigenvalue weighted by molar-refractivity contribution is 5.40. The molecular formula is C19H29NO. The van der Waals surface area contributed by atoms with Gasteiger partial charge < -0.3 is 10.1 Å². The largest absolute Gasteiger partial charge is 0.493 e. The predicted molar refractivity (Wildman–Crippen MR) is 87.8 cm³/mol. The molecule has 1 N–H and O–H groups in total. The summed E-state index contributed by atoms with van der Waals surface area (Å²) in [7, 11) is 0. The van der Waals surface area contributed by atoms with E-state index < -0.39 is 0 Å². The molecule has 1 fully saturated rings. The molecule has 1 aromatic carbocycles. The quantitative estimate of drug-likeness (QED) is 0.881. The average molecular weight is 287 g/mol. The normalized spacial score (nSPS) is 29.8. The maximum Gasteiger partial charge on any atom is 0.122 e. The average Bonchev–Trinajstić information content (AvgIpc) is 2.94. The Bertz CT molecular complexity index is 484. The third-order valence-corrected chi connectivity index (χ3v) is 5.37. The van der Waals surface area contributed by atoms with Crippen LogP contribution in [-0.4, -0.2) is 12.6 Å². The molecule has 116 valence electrons. The van der Waals surface area contributed by atoms with E-state index in [4.69, 9.17) is 4.74 Å². The molecule has 2 aliphatic rings. The van der Waals surface area contributed by atoms with Crippen molar-refractivity contribution in [3.63, 3.8) is 0 Å². The van der Waals surface area contributed by atoms with Gasteiger partial charge in [0.05, 0.1) is 6.61 Å². The van der Waals surface area contributed by atoms with Gasteiger partial charge in [0, 0.05) is 18.5 Å². The van der Waals surface area contributed by atoms with E-state index in [0.717, 1.165) is 37.0 Å². The first-order valence-corrected chi connectivity index (χ1v) is 8.69. The van der Waals surface area contributed by atoms with Crippen molar-refractivity contribution in [3.8, 4) is 5.75 Å². The minimum atomic E-state index is 0.483. The van der Waals surface area contributed by atoms with Gasteiger partial charge >= 0.3 is 0 Å². The summed E-state index contributed by atoms with van der Waals surface area (Å²) < 4.78 is 5.63. The maximum absolute atomic E-state index is 5.63. The number of nitrogens with one attached hydrogen (secondary N) is 1.